The van der Waals surface area contributed by atoms with E-state index in [0.29, 0.717) is 24.2 Å². The van der Waals surface area contributed by atoms with Crippen molar-refractivity contribution in [1.82, 2.24) is 10.1 Å². The number of aryl methyl sites for hydroxylation is 1. The molecule has 1 aliphatic carbocycles. The number of amides is 1. The topological polar surface area (TPSA) is 58.4 Å². The third kappa shape index (κ3) is 2.68. The van der Waals surface area contributed by atoms with E-state index in [1.807, 2.05) is 18.3 Å². The van der Waals surface area contributed by atoms with Crippen LogP contribution in [0.15, 0.2) is 22.0 Å². The molecular formula is C16H19N3O2S. The molecule has 2 aromatic heterocycles. The van der Waals surface area contributed by atoms with Crippen LogP contribution in [0.5, 0.6) is 0 Å². The number of aromatic nitrogens is 1. The van der Waals surface area contributed by atoms with Crippen molar-refractivity contribution in [2.45, 2.75) is 32.2 Å². The standard InChI is InChI=1S/C16H19N3O2S/c1-10-8-14(18-21-10)17-15(20)9-19-6-4-13-12(5-7-22-13)16(19)11-2-3-11/h5,7-8,11,16H,2-4,6,9H2,1H3,(H,17,18,20)/t16-/m0/s1. The van der Waals surface area contributed by atoms with Gasteiger partial charge in [0, 0.05) is 23.5 Å². The third-order valence-corrected chi connectivity index (χ3v) is 5.43. The second-order valence-electron chi connectivity index (χ2n) is 6.17. The van der Waals surface area contributed by atoms with Gasteiger partial charge in [0.1, 0.15) is 5.76 Å². The Hall–Kier alpha value is -1.66. The molecule has 0 unspecified atom stereocenters. The Bertz CT molecular complexity index is 689. The van der Waals surface area contributed by atoms with E-state index in [-0.39, 0.29) is 5.91 Å². The molecule has 5 nitrogen and oxygen atoms in total. The van der Waals surface area contributed by atoms with Crippen molar-refractivity contribution in [1.29, 1.82) is 0 Å². The summed E-state index contributed by atoms with van der Waals surface area (Å²) in [5.74, 6) is 1.90. The van der Waals surface area contributed by atoms with Gasteiger partial charge in [-0.05, 0) is 49.1 Å². The van der Waals surface area contributed by atoms with Crippen LogP contribution in [0.25, 0.3) is 0 Å². The summed E-state index contributed by atoms with van der Waals surface area (Å²) in [7, 11) is 0. The number of rotatable bonds is 4. The lowest BCUT2D eigenvalue weighted by molar-refractivity contribution is -0.118. The first-order valence-corrected chi connectivity index (χ1v) is 8.62. The maximum absolute atomic E-state index is 12.3. The zero-order valence-corrected chi connectivity index (χ0v) is 13.4. The summed E-state index contributed by atoms with van der Waals surface area (Å²) in [6.07, 6.45) is 3.60. The second kappa shape index (κ2) is 5.52. The molecular weight excluding hydrogens is 298 g/mol. The van der Waals surface area contributed by atoms with E-state index in [9.17, 15) is 4.79 Å². The van der Waals surface area contributed by atoms with Crippen LogP contribution in [-0.4, -0.2) is 29.1 Å². The van der Waals surface area contributed by atoms with Gasteiger partial charge in [0.15, 0.2) is 5.82 Å². The molecule has 1 aliphatic heterocycles. The molecule has 0 bridgehead atoms. The number of hydrogen-bond donors (Lipinski definition) is 1. The van der Waals surface area contributed by atoms with Gasteiger partial charge in [-0.3, -0.25) is 9.69 Å². The van der Waals surface area contributed by atoms with E-state index < -0.39 is 0 Å². The average molecular weight is 317 g/mol. The number of carbonyl (C=O) groups is 1. The van der Waals surface area contributed by atoms with Gasteiger partial charge in [-0.15, -0.1) is 11.3 Å². The Morgan fingerprint density at radius 1 is 1.55 bits per heavy atom. The summed E-state index contributed by atoms with van der Waals surface area (Å²) in [6, 6.07) is 4.40. The molecule has 1 saturated carbocycles. The summed E-state index contributed by atoms with van der Waals surface area (Å²) in [6.45, 7) is 3.19. The molecule has 1 amide bonds. The molecule has 22 heavy (non-hydrogen) atoms. The Kier molecular flexibility index (Phi) is 3.50. The van der Waals surface area contributed by atoms with Gasteiger partial charge in [-0.1, -0.05) is 5.16 Å². The molecule has 0 spiro atoms. The number of carbonyl (C=O) groups excluding carboxylic acids is 1. The van der Waals surface area contributed by atoms with Crippen molar-refractivity contribution in [3.05, 3.63) is 33.7 Å². The molecule has 6 heteroatoms. The molecule has 3 heterocycles. The maximum Gasteiger partial charge on any atom is 0.239 e. The lowest BCUT2D eigenvalue weighted by Gasteiger charge is -2.35. The minimum Gasteiger partial charge on any atom is -0.360 e. The molecule has 0 saturated heterocycles. The number of hydrogen-bond acceptors (Lipinski definition) is 5. The number of anilines is 1. The highest BCUT2D eigenvalue weighted by molar-refractivity contribution is 7.10. The average Bonchev–Trinajstić information content (AvgIpc) is 3.06. The summed E-state index contributed by atoms with van der Waals surface area (Å²) >= 11 is 1.85. The SMILES string of the molecule is Cc1cc(NC(=O)CN2CCc3sccc3[C@@H]2C2CC2)no1. The molecule has 116 valence electrons. The fraction of sp³-hybridized carbons (Fsp3) is 0.500. The van der Waals surface area contributed by atoms with Crippen molar-refractivity contribution in [3.8, 4) is 0 Å². The normalized spacial score (nSPS) is 21.6. The van der Waals surface area contributed by atoms with Crippen LogP contribution in [-0.2, 0) is 11.2 Å². The number of nitrogens with one attached hydrogen (secondary N) is 1. The number of thiophene rings is 1. The van der Waals surface area contributed by atoms with Gasteiger partial charge < -0.3 is 9.84 Å². The Morgan fingerprint density at radius 3 is 3.14 bits per heavy atom. The van der Waals surface area contributed by atoms with Crippen LogP contribution in [0, 0.1) is 12.8 Å². The zero-order valence-electron chi connectivity index (χ0n) is 12.5. The fourth-order valence-corrected chi connectivity index (χ4v) is 4.24. The largest absolute Gasteiger partial charge is 0.360 e. The highest BCUT2D eigenvalue weighted by Crippen LogP contribution is 2.48. The van der Waals surface area contributed by atoms with E-state index >= 15 is 0 Å². The quantitative estimate of drug-likeness (QED) is 0.942. The maximum atomic E-state index is 12.3. The summed E-state index contributed by atoms with van der Waals surface area (Å²) in [5, 5.41) is 8.83. The lowest BCUT2D eigenvalue weighted by atomic mass is 9.96. The monoisotopic (exact) mass is 317 g/mol. The molecule has 2 aromatic rings. The van der Waals surface area contributed by atoms with Crippen LogP contribution in [0.2, 0.25) is 0 Å². The molecule has 0 radical (unpaired) electrons. The first-order chi connectivity index (χ1) is 10.7. The van der Waals surface area contributed by atoms with Gasteiger partial charge in [-0.2, -0.15) is 0 Å². The van der Waals surface area contributed by atoms with E-state index in [1.54, 1.807) is 6.07 Å². The Labute approximate surface area is 133 Å². The van der Waals surface area contributed by atoms with E-state index in [1.165, 1.54) is 23.3 Å². The van der Waals surface area contributed by atoms with E-state index in [0.717, 1.165) is 18.9 Å². The molecule has 4 rings (SSSR count). The Balaban J connectivity index is 1.46. The first kappa shape index (κ1) is 14.0. The van der Waals surface area contributed by atoms with E-state index in [2.05, 4.69) is 26.8 Å². The Morgan fingerprint density at radius 2 is 2.41 bits per heavy atom. The van der Waals surface area contributed by atoms with Gasteiger partial charge in [0.2, 0.25) is 5.91 Å². The van der Waals surface area contributed by atoms with Crippen molar-refractivity contribution < 1.29 is 9.32 Å². The van der Waals surface area contributed by atoms with Gasteiger partial charge in [0.05, 0.1) is 6.54 Å². The minimum atomic E-state index is -0.0161. The van der Waals surface area contributed by atoms with Gasteiger partial charge >= 0.3 is 0 Å². The predicted octanol–water partition coefficient (Wildman–Crippen LogP) is 2.99. The molecule has 2 aliphatic rings. The molecule has 1 atom stereocenters. The van der Waals surface area contributed by atoms with Crippen molar-refractivity contribution in [2.75, 3.05) is 18.4 Å². The second-order valence-corrected chi connectivity index (χ2v) is 7.17. The zero-order chi connectivity index (χ0) is 15.1. The smallest absolute Gasteiger partial charge is 0.239 e. The van der Waals surface area contributed by atoms with Crippen LogP contribution in [0.4, 0.5) is 5.82 Å². The van der Waals surface area contributed by atoms with Gasteiger partial charge in [-0.25, -0.2) is 0 Å². The predicted molar refractivity (Wildman–Crippen MR) is 84.9 cm³/mol. The highest BCUT2D eigenvalue weighted by atomic mass is 32.1. The number of fused-ring (bicyclic) bond motifs is 1. The van der Waals surface area contributed by atoms with Crippen molar-refractivity contribution >= 4 is 23.1 Å². The van der Waals surface area contributed by atoms with Crippen molar-refractivity contribution in [3.63, 3.8) is 0 Å². The highest BCUT2D eigenvalue weighted by Gasteiger charge is 2.40. The fourth-order valence-electron chi connectivity index (χ4n) is 3.33. The summed E-state index contributed by atoms with van der Waals surface area (Å²) in [4.78, 5) is 16.1. The molecule has 1 fully saturated rings. The third-order valence-electron chi connectivity index (χ3n) is 4.43. The van der Waals surface area contributed by atoms with Gasteiger partial charge in [0.25, 0.3) is 0 Å². The van der Waals surface area contributed by atoms with E-state index in [4.69, 9.17) is 4.52 Å². The van der Waals surface area contributed by atoms with Crippen molar-refractivity contribution in [2.24, 2.45) is 5.92 Å². The van der Waals surface area contributed by atoms with Crippen LogP contribution in [0.3, 0.4) is 0 Å². The van der Waals surface area contributed by atoms with Crippen LogP contribution < -0.4 is 5.32 Å². The van der Waals surface area contributed by atoms with Crippen LogP contribution >= 0.6 is 11.3 Å². The van der Waals surface area contributed by atoms with Crippen LogP contribution in [0.1, 0.15) is 35.1 Å². The molecule has 0 aromatic carbocycles. The first-order valence-electron chi connectivity index (χ1n) is 7.74. The minimum absolute atomic E-state index is 0.0161. The summed E-state index contributed by atoms with van der Waals surface area (Å²) in [5.41, 5.74) is 1.45. The summed E-state index contributed by atoms with van der Waals surface area (Å²) < 4.78 is 4.98. The number of nitrogens with zero attached hydrogens (tertiary/aromatic N) is 2. The lowest BCUT2D eigenvalue weighted by Crippen LogP contribution is -2.41. The molecule has 1 N–H and O–H groups in total.